The first-order valence-electron chi connectivity index (χ1n) is 9.82. The Balaban J connectivity index is 1.70. The number of hydrogen-bond donors (Lipinski definition) is 2. The molecule has 0 spiro atoms. The van der Waals surface area contributed by atoms with E-state index in [2.05, 4.69) is 15.8 Å². The summed E-state index contributed by atoms with van der Waals surface area (Å²) in [4.78, 5) is 24.2. The van der Waals surface area contributed by atoms with E-state index in [-0.39, 0.29) is 6.61 Å². The Morgan fingerprint density at radius 3 is 2.39 bits per heavy atom. The van der Waals surface area contributed by atoms with Crippen molar-refractivity contribution in [2.45, 2.75) is 13.5 Å². The highest BCUT2D eigenvalue weighted by Crippen LogP contribution is 2.32. The van der Waals surface area contributed by atoms with Crippen LogP contribution in [0.25, 0.3) is 0 Å². The third-order valence-electron chi connectivity index (χ3n) is 4.50. The molecule has 170 valence electrons. The summed E-state index contributed by atoms with van der Waals surface area (Å²) >= 11 is 12.4. The van der Waals surface area contributed by atoms with Gasteiger partial charge in [-0.15, -0.1) is 0 Å². The van der Waals surface area contributed by atoms with Crippen LogP contribution >= 0.6 is 23.2 Å². The lowest BCUT2D eigenvalue weighted by Gasteiger charge is -2.14. The van der Waals surface area contributed by atoms with Gasteiger partial charge in [0.05, 0.1) is 13.3 Å². The predicted octanol–water partition coefficient (Wildman–Crippen LogP) is 4.98. The molecule has 0 radical (unpaired) electrons. The number of carbonyl (C=O) groups is 2. The van der Waals surface area contributed by atoms with Gasteiger partial charge in [-0.3, -0.25) is 9.59 Å². The van der Waals surface area contributed by atoms with Crippen molar-refractivity contribution in [3.05, 3.63) is 87.4 Å². The molecule has 33 heavy (non-hydrogen) atoms. The van der Waals surface area contributed by atoms with Crippen LogP contribution in [-0.2, 0) is 16.2 Å². The van der Waals surface area contributed by atoms with Gasteiger partial charge in [0.2, 0.25) is 0 Å². The molecule has 2 amide bonds. The first-order chi connectivity index (χ1) is 15.9. The summed E-state index contributed by atoms with van der Waals surface area (Å²) in [7, 11) is 1.50. The van der Waals surface area contributed by atoms with Crippen LogP contribution in [0, 0.1) is 6.92 Å². The van der Waals surface area contributed by atoms with Crippen molar-refractivity contribution in [1.29, 1.82) is 0 Å². The zero-order valence-corrected chi connectivity index (χ0v) is 19.4. The molecule has 0 unspecified atom stereocenters. The van der Waals surface area contributed by atoms with Gasteiger partial charge in [-0.2, -0.15) is 5.10 Å². The molecule has 0 heterocycles. The average Bonchev–Trinajstić information content (AvgIpc) is 2.79. The first-order valence-corrected chi connectivity index (χ1v) is 10.6. The second-order valence-corrected chi connectivity index (χ2v) is 7.70. The molecule has 0 aliphatic carbocycles. The largest absolute Gasteiger partial charge is 0.493 e. The molecule has 0 saturated heterocycles. The number of aryl methyl sites for hydroxylation is 1. The van der Waals surface area contributed by atoms with E-state index in [4.69, 9.17) is 32.7 Å². The zero-order chi connectivity index (χ0) is 23.8. The number of benzene rings is 3. The number of hydrazone groups is 1. The highest BCUT2D eigenvalue weighted by Gasteiger charge is 2.15. The van der Waals surface area contributed by atoms with Crippen LogP contribution in [0.15, 0.2) is 65.8 Å². The molecule has 9 heteroatoms. The Bertz CT molecular complexity index is 1180. The summed E-state index contributed by atoms with van der Waals surface area (Å²) < 4.78 is 11.3. The van der Waals surface area contributed by atoms with Gasteiger partial charge in [-0.1, -0.05) is 47.5 Å². The van der Waals surface area contributed by atoms with Crippen molar-refractivity contribution >= 4 is 46.9 Å². The Morgan fingerprint density at radius 2 is 1.70 bits per heavy atom. The van der Waals surface area contributed by atoms with E-state index < -0.39 is 11.8 Å². The van der Waals surface area contributed by atoms with Gasteiger partial charge in [-0.05, 0) is 48.9 Å². The van der Waals surface area contributed by atoms with Crippen molar-refractivity contribution in [2.24, 2.45) is 5.10 Å². The van der Waals surface area contributed by atoms with E-state index in [1.165, 1.54) is 13.3 Å². The molecule has 3 aromatic carbocycles. The van der Waals surface area contributed by atoms with E-state index in [1.54, 1.807) is 54.6 Å². The van der Waals surface area contributed by atoms with Crippen molar-refractivity contribution in [3.8, 4) is 11.5 Å². The second kappa shape index (κ2) is 11.4. The normalized spacial score (nSPS) is 10.7. The minimum atomic E-state index is -0.916. The molecular weight excluding hydrogens is 465 g/mol. The smallest absolute Gasteiger partial charge is 0.329 e. The van der Waals surface area contributed by atoms with Crippen LogP contribution < -0.4 is 20.2 Å². The molecule has 0 fully saturated rings. The molecule has 0 aromatic heterocycles. The Morgan fingerprint density at radius 1 is 1.00 bits per heavy atom. The van der Waals surface area contributed by atoms with Crippen LogP contribution in [-0.4, -0.2) is 25.1 Å². The molecule has 0 atom stereocenters. The summed E-state index contributed by atoms with van der Waals surface area (Å²) in [6.45, 7) is 1.97. The van der Waals surface area contributed by atoms with E-state index in [0.717, 1.165) is 5.56 Å². The number of para-hydroxylation sites is 1. The van der Waals surface area contributed by atoms with E-state index in [1.807, 2.05) is 13.0 Å². The van der Waals surface area contributed by atoms with Crippen molar-refractivity contribution < 1.29 is 19.1 Å². The van der Waals surface area contributed by atoms with Gasteiger partial charge in [0, 0.05) is 26.9 Å². The second-order valence-electron chi connectivity index (χ2n) is 6.89. The van der Waals surface area contributed by atoms with Crippen LogP contribution in [0.3, 0.4) is 0 Å². The Labute approximate surface area is 201 Å². The minimum absolute atomic E-state index is 0.0883. The number of methoxy groups -OCH3 is 1. The Hall–Kier alpha value is -3.55. The maximum absolute atomic E-state index is 12.1. The predicted molar refractivity (Wildman–Crippen MR) is 129 cm³/mol. The van der Waals surface area contributed by atoms with Crippen molar-refractivity contribution in [2.75, 3.05) is 12.4 Å². The van der Waals surface area contributed by atoms with Crippen molar-refractivity contribution in [1.82, 2.24) is 5.43 Å². The summed E-state index contributed by atoms with van der Waals surface area (Å²) in [5.74, 6) is -0.932. The van der Waals surface area contributed by atoms with Gasteiger partial charge in [0.25, 0.3) is 0 Å². The minimum Gasteiger partial charge on any atom is -0.493 e. The number of anilines is 1. The molecule has 3 aromatic rings. The molecule has 0 aliphatic heterocycles. The molecule has 0 saturated carbocycles. The summed E-state index contributed by atoms with van der Waals surface area (Å²) in [5, 5.41) is 7.33. The topological polar surface area (TPSA) is 89.0 Å². The van der Waals surface area contributed by atoms with Gasteiger partial charge in [-0.25, -0.2) is 5.43 Å². The maximum Gasteiger partial charge on any atom is 0.329 e. The SMILES string of the molecule is COc1cccc(/C=N\NC(=O)C(=O)Nc2cccc(C)c2)c1OCc1c(Cl)cccc1Cl. The van der Waals surface area contributed by atoms with E-state index >= 15 is 0 Å². The maximum atomic E-state index is 12.1. The number of nitrogens with zero attached hydrogens (tertiary/aromatic N) is 1. The molecular formula is C24H21Cl2N3O4. The van der Waals surface area contributed by atoms with Crippen LogP contribution in [0.1, 0.15) is 16.7 Å². The highest BCUT2D eigenvalue weighted by atomic mass is 35.5. The average molecular weight is 486 g/mol. The third-order valence-corrected chi connectivity index (χ3v) is 5.21. The van der Waals surface area contributed by atoms with E-state index in [9.17, 15) is 9.59 Å². The highest BCUT2D eigenvalue weighted by molar-refractivity contribution is 6.39. The number of halogens is 2. The van der Waals surface area contributed by atoms with Crippen molar-refractivity contribution in [3.63, 3.8) is 0 Å². The van der Waals surface area contributed by atoms with Gasteiger partial charge >= 0.3 is 11.8 Å². The summed E-state index contributed by atoms with van der Waals surface area (Å²) in [5.41, 5.74) is 4.80. The quantitative estimate of drug-likeness (QED) is 0.280. The standard InChI is InChI=1S/C24H21Cl2N3O4/c1-15-6-3-8-17(12-15)28-23(30)24(31)29-27-13-16-7-4-11-21(32-2)22(16)33-14-18-19(25)9-5-10-20(18)26/h3-13H,14H2,1-2H3,(H,28,30)(H,29,31)/b27-13-. The molecule has 3 rings (SSSR count). The number of hydrogen-bond acceptors (Lipinski definition) is 5. The molecule has 2 N–H and O–H groups in total. The van der Waals surface area contributed by atoms with Crippen LogP contribution in [0.4, 0.5) is 5.69 Å². The number of amides is 2. The molecule has 7 nitrogen and oxygen atoms in total. The number of carbonyl (C=O) groups excluding carboxylic acids is 2. The number of nitrogens with one attached hydrogen (secondary N) is 2. The molecule has 0 bridgehead atoms. The lowest BCUT2D eigenvalue weighted by atomic mass is 10.2. The number of ether oxygens (including phenoxy) is 2. The zero-order valence-electron chi connectivity index (χ0n) is 17.9. The lowest BCUT2D eigenvalue weighted by molar-refractivity contribution is -0.136. The van der Waals surface area contributed by atoms with Crippen LogP contribution in [0.5, 0.6) is 11.5 Å². The monoisotopic (exact) mass is 485 g/mol. The van der Waals surface area contributed by atoms with Gasteiger partial charge < -0.3 is 14.8 Å². The van der Waals surface area contributed by atoms with Crippen LogP contribution in [0.2, 0.25) is 10.0 Å². The Kier molecular flexibility index (Phi) is 8.29. The number of rotatable bonds is 7. The molecule has 0 aliphatic rings. The van der Waals surface area contributed by atoms with Gasteiger partial charge in [0.15, 0.2) is 11.5 Å². The lowest BCUT2D eigenvalue weighted by Crippen LogP contribution is -2.32. The third kappa shape index (κ3) is 6.47. The first kappa shape index (κ1) is 24.1. The van der Waals surface area contributed by atoms with E-state index in [0.29, 0.717) is 38.4 Å². The fourth-order valence-electron chi connectivity index (χ4n) is 2.89. The summed E-state index contributed by atoms with van der Waals surface area (Å²) in [6, 6.07) is 17.4. The van der Waals surface area contributed by atoms with Gasteiger partial charge in [0.1, 0.15) is 6.61 Å². The summed E-state index contributed by atoms with van der Waals surface area (Å²) in [6.07, 6.45) is 1.35. The fraction of sp³-hybridized carbons (Fsp3) is 0.125. The fourth-order valence-corrected chi connectivity index (χ4v) is 3.39.